The highest BCUT2D eigenvalue weighted by Gasteiger charge is 2.02. The van der Waals surface area contributed by atoms with Gasteiger partial charge in [0.1, 0.15) is 0 Å². The maximum absolute atomic E-state index is 9.29. The molecule has 8 heavy (non-hydrogen) atoms. The molecule has 0 rings (SSSR count). The minimum Gasteiger partial charge on any atom is -0.214 e. The van der Waals surface area contributed by atoms with Crippen LogP contribution in [-0.4, -0.2) is 19.8 Å². The molecule has 0 aromatic heterocycles. The third-order valence-electron chi connectivity index (χ3n) is 0.156. The molecule has 0 amide bonds. The second-order valence-electron chi connectivity index (χ2n) is 0.550. The first-order valence-corrected chi connectivity index (χ1v) is 2.62. The Morgan fingerprint density at radius 3 is 2.12 bits per heavy atom. The zero-order valence-corrected chi connectivity index (χ0v) is 5.13. The van der Waals surface area contributed by atoms with Crippen molar-refractivity contribution in [2.24, 2.45) is 0 Å². The Labute approximate surface area is 49.4 Å². The van der Waals surface area contributed by atoms with Gasteiger partial charge in [-0.15, -0.1) is 9.42 Å². The zero-order valence-electron chi connectivity index (χ0n) is 4.24. The first-order valence-electron chi connectivity index (χ1n) is 1.49. The summed E-state index contributed by atoms with van der Waals surface area (Å²) >= 11 is 0. The Kier molecular flexibility index (Phi) is 12.9. The van der Waals surface area contributed by atoms with E-state index in [9.17, 15) is 4.57 Å². The lowest BCUT2D eigenvalue weighted by molar-refractivity contribution is 0.343. The van der Waals surface area contributed by atoms with Crippen LogP contribution in [0.15, 0.2) is 0 Å². The van der Waals surface area contributed by atoms with Gasteiger partial charge in [0, 0.05) is 4.57 Å². The Morgan fingerprint density at radius 2 is 2.12 bits per heavy atom. The molecule has 0 bridgehead atoms. The van der Waals surface area contributed by atoms with Crippen LogP contribution < -0.4 is 0 Å². The molecule has 0 saturated heterocycles. The normalized spacial score (nSPS) is 7.88. The molecule has 0 fully saturated rings. The van der Waals surface area contributed by atoms with Gasteiger partial charge in [0.15, 0.2) is 0 Å². The van der Waals surface area contributed by atoms with Gasteiger partial charge >= 0.3 is 8.25 Å². The van der Waals surface area contributed by atoms with Crippen molar-refractivity contribution in [2.75, 3.05) is 7.11 Å². The van der Waals surface area contributed by atoms with Gasteiger partial charge in [-0.1, -0.05) is 0 Å². The quantitative estimate of drug-likeness (QED) is 0.400. The summed E-state index contributed by atoms with van der Waals surface area (Å²) < 4.78 is 13.1. The minimum atomic E-state index is -2.35. The average molecular weight is 132 g/mol. The number of rotatable bonds is 1. The van der Waals surface area contributed by atoms with E-state index in [4.69, 9.17) is 10.2 Å². The molecule has 4 nitrogen and oxygen atoms in total. The summed E-state index contributed by atoms with van der Waals surface area (Å²) in [4.78, 5) is 7.65. The summed E-state index contributed by atoms with van der Waals surface area (Å²) in [5.74, 6) is 1.25. The first kappa shape index (κ1) is 10.5. The van der Waals surface area contributed by atoms with Crippen LogP contribution in [0.5, 0.6) is 0 Å². The molecule has 0 aliphatic heterocycles. The largest absolute Gasteiger partial charge is 0.694 e. The molecule has 1 atom stereocenters. The van der Waals surface area contributed by atoms with Crippen molar-refractivity contribution in [3.8, 4) is 5.97 Å². The maximum atomic E-state index is 9.29. The fourth-order valence-electron chi connectivity index (χ4n) is 0. The van der Waals surface area contributed by atoms with Crippen LogP contribution in [0.4, 0.5) is 0 Å². The van der Waals surface area contributed by atoms with Gasteiger partial charge in [0.25, 0.3) is 0 Å². The molecule has 0 aliphatic rings. The van der Waals surface area contributed by atoms with Gasteiger partial charge in [-0.2, -0.15) is 0 Å². The first-order chi connectivity index (χ1) is 3.68. The van der Waals surface area contributed by atoms with Crippen molar-refractivity contribution >= 4 is 16.1 Å². The van der Waals surface area contributed by atoms with Crippen LogP contribution in [0.3, 0.4) is 0 Å². The van der Waals surface area contributed by atoms with E-state index in [0.717, 1.165) is 0 Å². The van der Waals surface area contributed by atoms with Crippen LogP contribution >= 0.6 is 8.25 Å². The Hall–Kier alpha value is -0.425. The van der Waals surface area contributed by atoms with Crippen LogP contribution in [0, 0.1) is 11.2 Å². The van der Waals surface area contributed by atoms with Crippen LogP contribution in [0.25, 0.3) is 0 Å². The summed E-state index contributed by atoms with van der Waals surface area (Å²) in [6.07, 6.45) is 0. The van der Waals surface area contributed by atoms with Crippen molar-refractivity contribution in [3.63, 3.8) is 0 Å². The average Bonchev–Trinajstić information content (AvgIpc) is 1.69. The Morgan fingerprint density at radius 1 is 2.00 bits per heavy atom. The summed E-state index contributed by atoms with van der Waals surface area (Å²) in [7, 11) is 2.97. The van der Waals surface area contributed by atoms with Crippen LogP contribution in [-0.2, 0) is 9.09 Å². The third kappa shape index (κ3) is 47.0. The van der Waals surface area contributed by atoms with Gasteiger partial charge in [0.2, 0.25) is 7.85 Å². The van der Waals surface area contributed by atoms with E-state index < -0.39 is 8.25 Å². The molecule has 0 aromatic rings. The smallest absolute Gasteiger partial charge is 0.214 e. The highest BCUT2D eigenvalue weighted by Crippen LogP contribution is 2.09. The lowest BCUT2D eigenvalue weighted by atomic mass is 10.2. The third-order valence-corrected chi connectivity index (χ3v) is 0.469. The number of nitriles is 1. The van der Waals surface area contributed by atoms with Crippen molar-refractivity contribution in [3.05, 3.63) is 0 Å². The van der Waals surface area contributed by atoms with E-state index in [1.54, 1.807) is 0 Å². The summed E-state index contributed by atoms with van der Waals surface area (Å²) in [6, 6.07) is 0. The standard InChI is InChI=1S/CBN.CH3O3P/c2-1-3;1-4-5(2)3/h;1H3/p+1. The molecule has 2 radical (unpaired) electrons. The molecule has 0 heterocycles. The highest BCUT2D eigenvalue weighted by molar-refractivity contribution is 7.32. The minimum absolute atomic E-state index is 1.17. The molecular formula is C2H4BNO3P+. The molecule has 0 aromatic carbocycles. The van der Waals surface area contributed by atoms with Gasteiger partial charge in [-0.25, -0.2) is 5.26 Å². The van der Waals surface area contributed by atoms with E-state index in [1.807, 2.05) is 0 Å². The van der Waals surface area contributed by atoms with E-state index in [1.165, 1.54) is 13.1 Å². The molecular weight excluding hydrogens is 128 g/mol. The lowest BCUT2D eigenvalue weighted by Crippen LogP contribution is -1.57. The monoisotopic (exact) mass is 132 g/mol. The Balaban J connectivity index is 0. The summed E-state index contributed by atoms with van der Waals surface area (Å²) in [5.41, 5.74) is 0. The lowest BCUT2D eigenvalue weighted by Gasteiger charge is -1.55. The fraction of sp³-hybridized carbons (Fsp3) is 0.500. The van der Waals surface area contributed by atoms with Gasteiger partial charge in [-0.3, -0.25) is 0 Å². The van der Waals surface area contributed by atoms with Crippen molar-refractivity contribution in [1.29, 1.82) is 5.26 Å². The van der Waals surface area contributed by atoms with Crippen molar-refractivity contribution in [1.82, 2.24) is 0 Å². The molecule has 0 aliphatic carbocycles. The van der Waals surface area contributed by atoms with Crippen LogP contribution in [0.2, 0.25) is 0 Å². The van der Waals surface area contributed by atoms with E-state index >= 15 is 0 Å². The molecule has 42 valence electrons. The van der Waals surface area contributed by atoms with E-state index in [0.29, 0.717) is 0 Å². The van der Waals surface area contributed by atoms with E-state index in [-0.39, 0.29) is 0 Å². The number of nitrogens with zero attached hydrogens (tertiary/aromatic N) is 1. The number of hydrogen-bond acceptors (Lipinski definition) is 3. The zero-order chi connectivity index (χ0) is 6.99. The van der Waals surface area contributed by atoms with Gasteiger partial charge < -0.3 is 0 Å². The van der Waals surface area contributed by atoms with Crippen LogP contribution in [0.1, 0.15) is 0 Å². The summed E-state index contributed by atoms with van der Waals surface area (Å²) in [5, 5.41) is 7.10. The Bertz CT molecular complexity index is 99.9. The fourth-order valence-corrected chi connectivity index (χ4v) is 0. The van der Waals surface area contributed by atoms with Crippen molar-refractivity contribution in [2.45, 2.75) is 0 Å². The molecule has 1 N–H and O–H groups in total. The predicted octanol–water partition coefficient (Wildman–Crippen LogP) is -0.0815. The molecule has 6 heteroatoms. The maximum Gasteiger partial charge on any atom is 0.694 e. The van der Waals surface area contributed by atoms with Crippen molar-refractivity contribution < 1.29 is 14.0 Å². The topological polar surface area (TPSA) is 70.3 Å². The van der Waals surface area contributed by atoms with Gasteiger partial charge in [-0.05, 0) is 5.97 Å². The molecule has 0 saturated carbocycles. The molecule has 1 unspecified atom stereocenters. The molecule has 0 spiro atoms. The van der Waals surface area contributed by atoms with Gasteiger partial charge in [0.05, 0.1) is 7.11 Å². The predicted molar refractivity (Wildman–Crippen MR) is 28.2 cm³/mol. The second kappa shape index (κ2) is 9.76. The highest BCUT2D eigenvalue weighted by atomic mass is 31.1. The number of hydrogen-bond donors (Lipinski definition) is 1. The van der Waals surface area contributed by atoms with E-state index in [2.05, 4.69) is 12.4 Å². The SMILES string of the molecule is CO[P+](=O)O.[B]C#N. The second-order valence-corrected chi connectivity index (χ2v) is 1.39. The summed E-state index contributed by atoms with van der Waals surface area (Å²) in [6.45, 7) is 0.